The zero-order valence-corrected chi connectivity index (χ0v) is 17.8. The number of aliphatic hydroxyl groups is 1. The summed E-state index contributed by atoms with van der Waals surface area (Å²) in [6.45, 7) is 4.44. The number of esters is 1. The van der Waals surface area contributed by atoms with Crippen LogP contribution in [0.25, 0.3) is 5.69 Å². The van der Waals surface area contributed by atoms with Gasteiger partial charge in [0, 0.05) is 24.8 Å². The molecule has 1 amide bonds. The van der Waals surface area contributed by atoms with Gasteiger partial charge >= 0.3 is 5.97 Å². The molecule has 0 aromatic carbocycles. The van der Waals surface area contributed by atoms with Crippen LogP contribution >= 0.6 is 0 Å². The quantitative estimate of drug-likeness (QED) is 0.652. The minimum Gasteiger partial charge on any atom is -0.456 e. The Balaban J connectivity index is 1.21. The molecule has 5 rings (SSSR count). The molecule has 3 aliphatic heterocycles. The molecule has 2 aromatic heterocycles. The van der Waals surface area contributed by atoms with Crippen LogP contribution in [0.2, 0.25) is 0 Å². The van der Waals surface area contributed by atoms with Gasteiger partial charge in [-0.05, 0) is 55.8 Å². The summed E-state index contributed by atoms with van der Waals surface area (Å²) in [5.74, 6) is -0.236. The first-order chi connectivity index (χ1) is 15.5. The predicted molar refractivity (Wildman–Crippen MR) is 110 cm³/mol. The lowest BCUT2D eigenvalue weighted by atomic mass is 9.77. The van der Waals surface area contributed by atoms with E-state index in [-0.39, 0.29) is 23.9 Å². The number of nitrogens with zero attached hydrogens (tertiary/aromatic N) is 7. The fourth-order valence-electron chi connectivity index (χ4n) is 4.84. The molecule has 2 aromatic rings. The first kappa shape index (κ1) is 20.7. The second kappa shape index (κ2) is 8.06. The van der Waals surface area contributed by atoms with Gasteiger partial charge in [0.15, 0.2) is 0 Å². The minimum absolute atomic E-state index is 0.101. The Bertz CT molecular complexity index is 1060. The minimum atomic E-state index is -0.710. The van der Waals surface area contributed by atoms with Crippen molar-refractivity contribution < 1.29 is 19.4 Å². The van der Waals surface area contributed by atoms with Crippen LogP contribution in [0.4, 0.5) is 0 Å². The highest BCUT2D eigenvalue weighted by Gasteiger charge is 2.50. The molecule has 1 atom stereocenters. The largest absolute Gasteiger partial charge is 0.456 e. The molecule has 168 valence electrons. The lowest BCUT2D eigenvalue weighted by Crippen LogP contribution is -2.45. The molecule has 1 spiro atoms. The molecule has 0 aliphatic carbocycles. The van der Waals surface area contributed by atoms with Crippen LogP contribution in [0.1, 0.15) is 37.9 Å². The second-order valence-electron chi connectivity index (χ2n) is 8.68. The molecule has 1 N–H and O–H groups in total. The fraction of sp³-hybridized carbons (Fsp3) is 0.524. The highest BCUT2D eigenvalue weighted by molar-refractivity contribution is 5.94. The molecular weight excluding hydrogens is 414 g/mol. The van der Waals surface area contributed by atoms with Crippen LogP contribution in [0, 0.1) is 5.41 Å². The van der Waals surface area contributed by atoms with Crippen molar-refractivity contribution >= 4 is 11.9 Å². The van der Waals surface area contributed by atoms with E-state index in [0.29, 0.717) is 35.6 Å². The third-order valence-corrected chi connectivity index (χ3v) is 6.91. The van der Waals surface area contributed by atoms with E-state index in [1.165, 1.54) is 11.0 Å². The van der Waals surface area contributed by atoms with Gasteiger partial charge in [0.25, 0.3) is 0 Å². The molecule has 3 aliphatic rings. The summed E-state index contributed by atoms with van der Waals surface area (Å²) in [7, 11) is 0. The number of rotatable bonds is 5. The Morgan fingerprint density at radius 3 is 2.66 bits per heavy atom. The summed E-state index contributed by atoms with van der Waals surface area (Å²) < 4.78 is 6.58. The van der Waals surface area contributed by atoms with E-state index in [0.717, 1.165) is 32.4 Å². The molecule has 32 heavy (non-hydrogen) atoms. The van der Waals surface area contributed by atoms with Gasteiger partial charge in [-0.25, -0.2) is 4.79 Å². The maximum atomic E-state index is 13.3. The zero-order chi connectivity index (χ0) is 22.3. The van der Waals surface area contributed by atoms with Crippen molar-refractivity contribution in [2.45, 2.75) is 32.3 Å². The molecule has 2 saturated heterocycles. The number of carbonyl (C=O) groups excluding carboxylic acids is 2. The van der Waals surface area contributed by atoms with Crippen molar-refractivity contribution in [2.75, 3.05) is 32.8 Å². The Morgan fingerprint density at radius 2 is 1.97 bits per heavy atom. The van der Waals surface area contributed by atoms with Crippen LogP contribution in [-0.2, 0) is 14.3 Å². The van der Waals surface area contributed by atoms with Gasteiger partial charge in [0.1, 0.15) is 12.9 Å². The lowest BCUT2D eigenvalue weighted by Gasteiger charge is -2.38. The van der Waals surface area contributed by atoms with Gasteiger partial charge in [-0.2, -0.15) is 4.68 Å². The van der Waals surface area contributed by atoms with E-state index >= 15 is 0 Å². The summed E-state index contributed by atoms with van der Waals surface area (Å²) in [5.41, 5.74) is 2.23. The first-order valence-corrected chi connectivity index (χ1v) is 10.7. The molecule has 11 heteroatoms. The van der Waals surface area contributed by atoms with Crippen LogP contribution in [0.3, 0.4) is 0 Å². The van der Waals surface area contributed by atoms with Crippen molar-refractivity contribution in [2.24, 2.45) is 5.41 Å². The number of pyridine rings is 1. The van der Waals surface area contributed by atoms with E-state index in [9.17, 15) is 14.7 Å². The van der Waals surface area contributed by atoms with Gasteiger partial charge in [-0.1, -0.05) is 0 Å². The number of ether oxygens (including phenoxy) is 1. The maximum absolute atomic E-state index is 13.3. The van der Waals surface area contributed by atoms with Gasteiger partial charge in [0.05, 0.1) is 34.7 Å². The highest BCUT2D eigenvalue weighted by atomic mass is 16.5. The Kier molecular flexibility index (Phi) is 5.22. The Morgan fingerprint density at radius 1 is 1.19 bits per heavy atom. The van der Waals surface area contributed by atoms with E-state index in [1.54, 1.807) is 24.2 Å². The van der Waals surface area contributed by atoms with Gasteiger partial charge < -0.3 is 19.6 Å². The number of aliphatic hydroxyl groups excluding tert-OH is 1. The van der Waals surface area contributed by atoms with Crippen LogP contribution in [0.5, 0.6) is 0 Å². The molecule has 0 saturated carbocycles. The second-order valence-corrected chi connectivity index (χ2v) is 8.68. The average molecular weight is 439 g/mol. The smallest absolute Gasteiger partial charge is 0.336 e. The van der Waals surface area contributed by atoms with Crippen molar-refractivity contribution in [1.82, 2.24) is 35.0 Å². The van der Waals surface area contributed by atoms with Crippen LogP contribution in [-0.4, -0.2) is 84.8 Å². The third-order valence-electron chi connectivity index (χ3n) is 6.91. The number of carbonyl (C=O) groups is 2. The van der Waals surface area contributed by atoms with E-state index in [4.69, 9.17) is 4.74 Å². The molecule has 0 radical (unpaired) electrons. The third kappa shape index (κ3) is 3.56. The number of piperidine rings is 1. The van der Waals surface area contributed by atoms with Crippen molar-refractivity contribution in [3.8, 4) is 5.69 Å². The lowest BCUT2D eigenvalue weighted by molar-refractivity contribution is -0.138. The Labute approximate surface area is 184 Å². The summed E-state index contributed by atoms with van der Waals surface area (Å²) in [5, 5.41) is 21.9. The molecule has 11 nitrogen and oxygen atoms in total. The molecule has 0 bridgehead atoms. The van der Waals surface area contributed by atoms with E-state index in [1.807, 2.05) is 6.07 Å². The van der Waals surface area contributed by atoms with Crippen molar-refractivity contribution in [1.29, 1.82) is 0 Å². The average Bonchev–Trinajstić information content (AvgIpc) is 3.53. The fourth-order valence-corrected chi connectivity index (χ4v) is 4.84. The number of β-amino-alcohol motifs (C(OH)–C–C–N with tert-alkyl or cyclic N) is 1. The monoisotopic (exact) mass is 439 g/mol. The number of hydrogen-bond donors (Lipinski definition) is 1. The topological polar surface area (TPSA) is 127 Å². The number of cyclic esters (lactones) is 1. The predicted octanol–water partition coefficient (Wildman–Crippen LogP) is 0.236. The maximum Gasteiger partial charge on any atom is 0.336 e. The highest BCUT2D eigenvalue weighted by Crippen LogP contribution is 2.43. The Hall–Kier alpha value is -3.18. The number of aromatic nitrogens is 5. The van der Waals surface area contributed by atoms with E-state index < -0.39 is 6.10 Å². The zero-order valence-electron chi connectivity index (χ0n) is 17.8. The SMILES string of the molecule is CC1=C(N2CCC3(CCN(C[C@@H](O)c4cncc(-n5cnnn5)c4)CC3)C2=O)COC1=O. The standard InChI is InChI=1S/C21H25N7O4/c1-14-17(12-32-19(14)30)27-7-4-21(20(27)31)2-5-26(6-3-21)11-18(29)15-8-16(10-22-9-15)28-13-23-24-25-28/h8-10,13,18,29H,2-7,11-12H2,1H3/t18-/m1/s1. The number of amides is 1. The van der Waals surface area contributed by atoms with Gasteiger partial charge in [-0.3, -0.25) is 9.78 Å². The van der Waals surface area contributed by atoms with Gasteiger partial charge in [-0.15, -0.1) is 5.10 Å². The van der Waals surface area contributed by atoms with Crippen LogP contribution in [0.15, 0.2) is 36.1 Å². The first-order valence-electron chi connectivity index (χ1n) is 10.7. The summed E-state index contributed by atoms with van der Waals surface area (Å²) in [4.78, 5) is 33.1. The molecule has 0 unspecified atom stereocenters. The van der Waals surface area contributed by atoms with Crippen molar-refractivity contribution in [3.63, 3.8) is 0 Å². The van der Waals surface area contributed by atoms with Crippen LogP contribution < -0.4 is 0 Å². The normalized spacial score (nSPS) is 22.1. The molecular formula is C21H25N7O4. The van der Waals surface area contributed by atoms with E-state index in [2.05, 4.69) is 25.4 Å². The molecule has 2 fully saturated rings. The number of hydrogen-bond acceptors (Lipinski definition) is 9. The number of tetrazole rings is 1. The summed E-state index contributed by atoms with van der Waals surface area (Å²) >= 11 is 0. The molecule has 5 heterocycles. The summed E-state index contributed by atoms with van der Waals surface area (Å²) in [6, 6.07) is 1.82. The number of likely N-dealkylation sites (tertiary alicyclic amines) is 2. The van der Waals surface area contributed by atoms with Gasteiger partial charge in [0.2, 0.25) is 5.91 Å². The summed E-state index contributed by atoms with van der Waals surface area (Å²) in [6.07, 6.45) is 6.30. The van der Waals surface area contributed by atoms with Crippen molar-refractivity contribution in [3.05, 3.63) is 41.6 Å².